The predicted octanol–water partition coefficient (Wildman–Crippen LogP) is 4.20. The summed E-state index contributed by atoms with van der Waals surface area (Å²) in [4.78, 5) is 13.2. The Labute approximate surface area is 175 Å². The Bertz CT molecular complexity index is 1040. The molecule has 2 N–H and O–H groups in total. The molecule has 3 aromatic carbocycles. The Kier molecular flexibility index (Phi) is 5.86. The lowest BCUT2D eigenvalue weighted by atomic mass is 10.0. The van der Waals surface area contributed by atoms with Gasteiger partial charge in [-0.3, -0.25) is 10.1 Å². The van der Waals surface area contributed by atoms with E-state index in [-0.39, 0.29) is 12.7 Å². The first-order valence-corrected chi connectivity index (χ1v) is 9.76. The summed E-state index contributed by atoms with van der Waals surface area (Å²) in [5.74, 6) is 1.92. The molecule has 0 aliphatic carbocycles. The summed E-state index contributed by atoms with van der Waals surface area (Å²) in [7, 11) is 1.59. The first-order chi connectivity index (χ1) is 14.6. The molecule has 6 heteroatoms. The van der Waals surface area contributed by atoms with Gasteiger partial charge in [-0.05, 0) is 47.9 Å². The Morgan fingerprint density at radius 1 is 1.03 bits per heavy atom. The average Bonchev–Trinajstić information content (AvgIpc) is 3.23. The SMILES string of the molecule is COc1ccc(C)cc1NC(=O)C(NCc1ccc2c(c1)OCO2)c1ccccc1. The monoisotopic (exact) mass is 404 g/mol. The summed E-state index contributed by atoms with van der Waals surface area (Å²) in [6.45, 7) is 2.70. The highest BCUT2D eigenvalue weighted by molar-refractivity contribution is 5.96. The normalized spacial score (nSPS) is 13.0. The number of rotatable bonds is 7. The molecule has 154 valence electrons. The zero-order valence-electron chi connectivity index (χ0n) is 17.0. The van der Waals surface area contributed by atoms with Crippen LogP contribution in [-0.4, -0.2) is 19.8 Å². The number of carbonyl (C=O) groups excluding carboxylic acids is 1. The van der Waals surface area contributed by atoms with Crippen molar-refractivity contribution in [2.75, 3.05) is 19.2 Å². The number of fused-ring (bicyclic) bond motifs is 1. The molecule has 0 saturated carbocycles. The highest BCUT2D eigenvalue weighted by Gasteiger charge is 2.22. The molecule has 1 aliphatic heterocycles. The molecule has 3 aromatic rings. The molecule has 4 rings (SSSR count). The maximum absolute atomic E-state index is 13.2. The third kappa shape index (κ3) is 4.39. The molecule has 1 unspecified atom stereocenters. The molecule has 0 aromatic heterocycles. The van der Waals surface area contributed by atoms with E-state index < -0.39 is 6.04 Å². The van der Waals surface area contributed by atoms with Gasteiger partial charge < -0.3 is 19.5 Å². The summed E-state index contributed by atoms with van der Waals surface area (Å²) >= 11 is 0. The molecule has 6 nitrogen and oxygen atoms in total. The number of nitrogens with one attached hydrogen (secondary N) is 2. The highest BCUT2D eigenvalue weighted by atomic mass is 16.7. The number of aryl methyl sites for hydroxylation is 1. The molecular weight excluding hydrogens is 380 g/mol. The fourth-order valence-corrected chi connectivity index (χ4v) is 3.40. The van der Waals surface area contributed by atoms with Gasteiger partial charge in [-0.1, -0.05) is 42.5 Å². The fraction of sp³-hybridized carbons (Fsp3) is 0.208. The van der Waals surface area contributed by atoms with E-state index in [9.17, 15) is 4.79 Å². The Morgan fingerprint density at radius 2 is 1.83 bits per heavy atom. The first-order valence-electron chi connectivity index (χ1n) is 9.76. The van der Waals surface area contributed by atoms with Gasteiger partial charge in [0.15, 0.2) is 11.5 Å². The quantitative estimate of drug-likeness (QED) is 0.618. The van der Waals surface area contributed by atoms with Crippen LogP contribution < -0.4 is 24.8 Å². The number of carbonyl (C=O) groups is 1. The highest BCUT2D eigenvalue weighted by Crippen LogP contribution is 2.33. The van der Waals surface area contributed by atoms with Gasteiger partial charge in [0.1, 0.15) is 11.8 Å². The average molecular weight is 404 g/mol. The first kappa shape index (κ1) is 19.8. The molecular formula is C24H24N2O4. The standard InChI is InChI=1S/C24H24N2O4/c1-16-8-10-20(28-2)19(12-16)26-24(27)23(18-6-4-3-5-7-18)25-14-17-9-11-21-22(13-17)30-15-29-21/h3-13,23,25H,14-15H2,1-2H3,(H,26,27). The van der Waals surface area contributed by atoms with Gasteiger partial charge in [-0.25, -0.2) is 0 Å². The van der Waals surface area contributed by atoms with E-state index >= 15 is 0 Å². The topological polar surface area (TPSA) is 68.8 Å². The number of hydrogen-bond donors (Lipinski definition) is 2. The Hall–Kier alpha value is -3.51. The van der Waals surface area contributed by atoms with E-state index in [2.05, 4.69) is 10.6 Å². The molecule has 0 fully saturated rings. The second-order valence-corrected chi connectivity index (χ2v) is 7.11. The van der Waals surface area contributed by atoms with Gasteiger partial charge in [0, 0.05) is 6.54 Å². The second-order valence-electron chi connectivity index (χ2n) is 7.11. The Morgan fingerprint density at radius 3 is 2.63 bits per heavy atom. The predicted molar refractivity (Wildman–Crippen MR) is 115 cm³/mol. The minimum absolute atomic E-state index is 0.161. The van der Waals surface area contributed by atoms with E-state index in [4.69, 9.17) is 14.2 Å². The lowest BCUT2D eigenvalue weighted by molar-refractivity contribution is -0.118. The third-order valence-corrected chi connectivity index (χ3v) is 4.96. The smallest absolute Gasteiger partial charge is 0.246 e. The maximum atomic E-state index is 13.2. The van der Waals surface area contributed by atoms with Crippen molar-refractivity contribution in [1.82, 2.24) is 5.32 Å². The zero-order valence-corrected chi connectivity index (χ0v) is 17.0. The van der Waals surface area contributed by atoms with Crippen LogP contribution in [0, 0.1) is 6.92 Å². The number of amides is 1. The van der Waals surface area contributed by atoms with E-state index in [0.717, 1.165) is 28.2 Å². The van der Waals surface area contributed by atoms with Crippen LogP contribution in [-0.2, 0) is 11.3 Å². The van der Waals surface area contributed by atoms with Crippen molar-refractivity contribution in [1.29, 1.82) is 0 Å². The molecule has 0 bridgehead atoms. The molecule has 1 heterocycles. The van der Waals surface area contributed by atoms with Crippen molar-refractivity contribution in [2.24, 2.45) is 0 Å². The van der Waals surface area contributed by atoms with Gasteiger partial charge in [0.25, 0.3) is 0 Å². The van der Waals surface area contributed by atoms with Crippen molar-refractivity contribution in [3.05, 3.63) is 83.4 Å². The van der Waals surface area contributed by atoms with Crippen LogP contribution in [0.15, 0.2) is 66.7 Å². The van der Waals surface area contributed by atoms with Gasteiger partial charge in [0.05, 0.1) is 12.8 Å². The maximum Gasteiger partial charge on any atom is 0.246 e. The van der Waals surface area contributed by atoms with Crippen LogP contribution in [0.4, 0.5) is 5.69 Å². The lowest BCUT2D eigenvalue weighted by Gasteiger charge is -2.20. The molecule has 30 heavy (non-hydrogen) atoms. The van der Waals surface area contributed by atoms with Crippen molar-refractivity contribution in [2.45, 2.75) is 19.5 Å². The molecule has 0 saturated heterocycles. The van der Waals surface area contributed by atoms with E-state index in [0.29, 0.717) is 18.0 Å². The van der Waals surface area contributed by atoms with E-state index in [1.165, 1.54) is 0 Å². The zero-order chi connectivity index (χ0) is 20.9. The molecule has 1 atom stereocenters. The van der Waals surface area contributed by atoms with Crippen LogP contribution in [0.2, 0.25) is 0 Å². The van der Waals surface area contributed by atoms with Crippen molar-refractivity contribution >= 4 is 11.6 Å². The second kappa shape index (κ2) is 8.88. The van der Waals surface area contributed by atoms with Crippen molar-refractivity contribution < 1.29 is 19.0 Å². The minimum Gasteiger partial charge on any atom is -0.495 e. The van der Waals surface area contributed by atoms with Gasteiger partial charge in [0.2, 0.25) is 12.7 Å². The summed E-state index contributed by atoms with van der Waals surface area (Å²) in [5.41, 5.74) is 3.56. The number of benzene rings is 3. The number of methoxy groups -OCH3 is 1. The van der Waals surface area contributed by atoms with Gasteiger partial charge >= 0.3 is 0 Å². The van der Waals surface area contributed by atoms with Crippen molar-refractivity contribution in [3.8, 4) is 17.2 Å². The molecule has 0 spiro atoms. The minimum atomic E-state index is -0.540. The van der Waals surface area contributed by atoms with Crippen LogP contribution in [0.5, 0.6) is 17.2 Å². The van der Waals surface area contributed by atoms with Crippen LogP contribution >= 0.6 is 0 Å². The molecule has 1 aliphatic rings. The van der Waals surface area contributed by atoms with Gasteiger partial charge in [-0.2, -0.15) is 0 Å². The molecule has 0 radical (unpaired) electrons. The lowest BCUT2D eigenvalue weighted by Crippen LogP contribution is -2.32. The number of anilines is 1. The van der Waals surface area contributed by atoms with Crippen molar-refractivity contribution in [3.63, 3.8) is 0 Å². The number of hydrogen-bond acceptors (Lipinski definition) is 5. The van der Waals surface area contributed by atoms with Crippen LogP contribution in [0.25, 0.3) is 0 Å². The molecule has 1 amide bonds. The largest absolute Gasteiger partial charge is 0.495 e. The third-order valence-electron chi connectivity index (χ3n) is 4.96. The van der Waals surface area contributed by atoms with Crippen LogP contribution in [0.3, 0.4) is 0 Å². The Balaban J connectivity index is 1.54. The van der Waals surface area contributed by atoms with E-state index in [1.54, 1.807) is 7.11 Å². The van der Waals surface area contributed by atoms with Crippen LogP contribution in [0.1, 0.15) is 22.7 Å². The number of ether oxygens (including phenoxy) is 3. The fourth-order valence-electron chi connectivity index (χ4n) is 3.40. The van der Waals surface area contributed by atoms with Gasteiger partial charge in [-0.15, -0.1) is 0 Å². The summed E-state index contributed by atoms with van der Waals surface area (Å²) in [6, 6.07) is 20.6. The summed E-state index contributed by atoms with van der Waals surface area (Å²) in [6.07, 6.45) is 0. The summed E-state index contributed by atoms with van der Waals surface area (Å²) in [5, 5.41) is 6.37. The van der Waals surface area contributed by atoms with E-state index in [1.807, 2.05) is 73.7 Å². The summed E-state index contributed by atoms with van der Waals surface area (Å²) < 4.78 is 16.2.